The molecule has 0 saturated carbocycles. The summed E-state index contributed by atoms with van der Waals surface area (Å²) in [5.41, 5.74) is 1.95. The fraction of sp³-hybridized carbons (Fsp3) is 0.364. The third kappa shape index (κ3) is 8.53. The summed E-state index contributed by atoms with van der Waals surface area (Å²) in [4.78, 5) is 26.8. The Balaban J connectivity index is 1.67. The van der Waals surface area contributed by atoms with Gasteiger partial charge in [-0.1, -0.05) is 24.3 Å². The maximum atomic E-state index is 13.4. The van der Waals surface area contributed by atoms with E-state index in [1.807, 2.05) is 0 Å². The molecule has 0 atom stereocenters. The van der Waals surface area contributed by atoms with Crippen molar-refractivity contribution in [3.8, 4) is 0 Å². The maximum absolute atomic E-state index is 13.4. The van der Waals surface area contributed by atoms with Gasteiger partial charge in [-0.3, -0.25) is 18.7 Å². The van der Waals surface area contributed by atoms with Gasteiger partial charge in [0.25, 0.3) is 0 Å². The highest BCUT2D eigenvalue weighted by atomic mass is 32.3. The molecule has 14 nitrogen and oxygen atoms in total. The van der Waals surface area contributed by atoms with Crippen LogP contribution in [0.5, 0.6) is 0 Å². The van der Waals surface area contributed by atoms with E-state index in [2.05, 4.69) is 29.6 Å². The maximum Gasteiger partial charge on any atom is 0.397 e. The first-order valence-corrected chi connectivity index (χ1v) is 14.2. The normalized spacial score (nSPS) is 13.2. The summed E-state index contributed by atoms with van der Waals surface area (Å²) in [7, 11) is -9.00. The van der Waals surface area contributed by atoms with Gasteiger partial charge in [-0.15, -0.1) is 0 Å². The Morgan fingerprint density at radius 3 is 1.37 bits per heavy atom. The molecular weight excluding hydrogens is 544 g/mol. The minimum absolute atomic E-state index is 0.156. The Kier molecular flexibility index (Phi) is 10.3. The van der Waals surface area contributed by atoms with Gasteiger partial charge < -0.3 is 21.3 Å². The first-order valence-electron chi connectivity index (χ1n) is 11.5. The quantitative estimate of drug-likeness (QED) is 0.0994. The zero-order chi connectivity index (χ0) is 27.8. The highest BCUT2D eigenvalue weighted by Crippen LogP contribution is 2.36. The van der Waals surface area contributed by atoms with E-state index in [0.717, 1.165) is 0 Å². The highest BCUT2D eigenvalue weighted by molar-refractivity contribution is 7.81. The number of carbonyl (C=O) groups is 2. The monoisotopic (exact) mass is 572 g/mol. The molecular formula is C22H28N4O10S2. The van der Waals surface area contributed by atoms with Crippen LogP contribution < -0.4 is 21.3 Å². The number of fused-ring (bicyclic) bond motifs is 2. The van der Waals surface area contributed by atoms with Gasteiger partial charge >= 0.3 is 20.8 Å². The average Bonchev–Trinajstić information content (AvgIpc) is 2.85. The summed E-state index contributed by atoms with van der Waals surface area (Å²) < 4.78 is 67.8. The van der Waals surface area contributed by atoms with Crippen molar-refractivity contribution in [1.29, 1.82) is 0 Å². The summed E-state index contributed by atoms with van der Waals surface area (Å²) in [5, 5.41) is 12.1. The van der Waals surface area contributed by atoms with Crippen molar-refractivity contribution in [1.82, 2.24) is 10.6 Å². The van der Waals surface area contributed by atoms with Gasteiger partial charge in [0, 0.05) is 61.8 Å². The number of hydrogen-bond donors (Lipinski definition) is 6. The molecule has 0 aromatic heterocycles. The summed E-state index contributed by atoms with van der Waals surface area (Å²) in [6.45, 7) is 1.23. The fourth-order valence-corrected chi connectivity index (χ4v) is 4.36. The predicted octanol–water partition coefficient (Wildman–Crippen LogP) is 0.104. The lowest BCUT2D eigenvalue weighted by Gasteiger charge is -2.24. The van der Waals surface area contributed by atoms with Gasteiger partial charge in [-0.05, 0) is 12.1 Å². The molecule has 2 aromatic carbocycles. The Bertz CT molecular complexity index is 1280. The Hall–Kier alpha value is -2.96. The van der Waals surface area contributed by atoms with Crippen molar-refractivity contribution < 1.29 is 43.9 Å². The van der Waals surface area contributed by atoms with Gasteiger partial charge in [0.15, 0.2) is 11.6 Å². The lowest BCUT2D eigenvalue weighted by atomic mass is 9.82. The predicted molar refractivity (Wildman–Crippen MR) is 137 cm³/mol. The third-order valence-corrected chi connectivity index (χ3v) is 6.26. The van der Waals surface area contributed by atoms with Crippen LogP contribution in [0.1, 0.15) is 31.8 Å². The van der Waals surface area contributed by atoms with Crippen molar-refractivity contribution in [2.24, 2.45) is 0 Å². The number of carbonyl (C=O) groups excluding carboxylic acids is 2. The first kappa shape index (κ1) is 29.6. The molecule has 16 heteroatoms. The van der Waals surface area contributed by atoms with Crippen LogP contribution in [0.4, 0.5) is 11.4 Å². The number of rotatable bonds is 16. The Morgan fingerprint density at radius 2 is 1.00 bits per heavy atom. The van der Waals surface area contributed by atoms with E-state index in [0.29, 0.717) is 48.7 Å². The topological polar surface area (TPSA) is 209 Å². The number of nitrogens with one attached hydrogen (secondary N) is 4. The molecule has 3 rings (SSSR count). The molecule has 0 bridgehead atoms. The van der Waals surface area contributed by atoms with E-state index in [1.165, 1.54) is 0 Å². The average molecular weight is 573 g/mol. The minimum Gasteiger partial charge on any atom is -0.383 e. The Labute approximate surface area is 220 Å². The second kappa shape index (κ2) is 13.2. The van der Waals surface area contributed by atoms with Crippen LogP contribution in [0.25, 0.3) is 0 Å². The molecule has 6 N–H and O–H groups in total. The van der Waals surface area contributed by atoms with Crippen molar-refractivity contribution in [2.45, 2.75) is 0 Å². The lowest BCUT2D eigenvalue weighted by Crippen LogP contribution is -2.29. The SMILES string of the molecule is O=C1c2ccccc2C(=O)c2c(NCCNCCOS(=O)(=O)O)ccc(NCCNCCOS(=O)(=O)O)c21. The second-order valence-electron chi connectivity index (χ2n) is 7.97. The van der Waals surface area contributed by atoms with Crippen LogP contribution in [0.15, 0.2) is 36.4 Å². The van der Waals surface area contributed by atoms with Gasteiger partial charge in [0.05, 0.1) is 24.3 Å². The molecule has 0 saturated heterocycles. The van der Waals surface area contributed by atoms with Crippen molar-refractivity contribution in [2.75, 3.05) is 63.1 Å². The van der Waals surface area contributed by atoms with Crippen LogP contribution in [-0.2, 0) is 29.2 Å². The van der Waals surface area contributed by atoms with E-state index in [4.69, 9.17) is 9.11 Å². The van der Waals surface area contributed by atoms with Gasteiger partial charge in [0.2, 0.25) is 0 Å². The lowest BCUT2D eigenvalue weighted by molar-refractivity contribution is 0.0980. The molecule has 0 radical (unpaired) electrons. The number of anilines is 2. The van der Waals surface area contributed by atoms with Crippen molar-refractivity contribution >= 4 is 43.7 Å². The van der Waals surface area contributed by atoms with E-state index >= 15 is 0 Å². The zero-order valence-electron chi connectivity index (χ0n) is 20.1. The first-order chi connectivity index (χ1) is 18.0. The third-order valence-electron chi connectivity index (χ3n) is 5.33. The fourth-order valence-electron chi connectivity index (χ4n) is 3.78. The molecule has 0 heterocycles. The molecule has 2 aromatic rings. The largest absolute Gasteiger partial charge is 0.397 e. The van der Waals surface area contributed by atoms with Crippen LogP contribution in [-0.4, -0.2) is 90.0 Å². The molecule has 0 amide bonds. The molecule has 0 fully saturated rings. The number of benzene rings is 2. The molecule has 0 aliphatic heterocycles. The van der Waals surface area contributed by atoms with Crippen LogP contribution in [0.2, 0.25) is 0 Å². The second-order valence-corrected chi connectivity index (χ2v) is 10.1. The van der Waals surface area contributed by atoms with Gasteiger partial charge in [-0.2, -0.15) is 16.8 Å². The molecule has 0 unspecified atom stereocenters. The molecule has 208 valence electrons. The minimum atomic E-state index is -4.50. The Morgan fingerprint density at radius 1 is 0.605 bits per heavy atom. The molecule has 1 aliphatic rings. The van der Waals surface area contributed by atoms with E-state index in [1.54, 1.807) is 36.4 Å². The van der Waals surface area contributed by atoms with Gasteiger partial charge in [0.1, 0.15) is 0 Å². The van der Waals surface area contributed by atoms with Crippen molar-refractivity contribution in [3.05, 3.63) is 58.7 Å². The summed E-state index contributed by atoms with van der Waals surface area (Å²) in [6, 6.07) is 9.90. The van der Waals surface area contributed by atoms with Gasteiger partial charge in [-0.25, -0.2) is 8.37 Å². The smallest absolute Gasteiger partial charge is 0.383 e. The standard InChI is InChI=1S/C22H28N4O10S2/c27-21-15-3-1-2-4-16(15)22(28)20-18(26-10-8-24-12-14-36-38(32,33)34)6-5-17(19(20)21)25-9-7-23-11-13-35-37(29,30)31/h1-6,23-26H,7-14H2,(H,29,30,31)(H,32,33,34). The summed E-state index contributed by atoms with van der Waals surface area (Å²) >= 11 is 0. The number of ketones is 2. The molecule has 1 aliphatic carbocycles. The summed E-state index contributed by atoms with van der Waals surface area (Å²) in [6.07, 6.45) is 0. The van der Waals surface area contributed by atoms with E-state index in [9.17, 15) is 26.4 Å². The molecule has 38 heavy (non-hydrogen) atoms. The van der Waals surface area contributed by atoms with Crippen LogP contribution in [0.3, 0.4) is 0 Å². The van der Waals surface area contributed by atoms with Crippen LogP contribution in [0, 0.1) is 0 Å². The van der Waals surface area contributed by atoms with Crippen LogP contribution >= 0.6 is 0 Å². The zero-order valence-corrected chi connectivity index (χ0v) is 21.7. The molecule has 0 spiro atoms. The number of hydrogen-bond acceptors (Lipinski definition) is 12. The van der Waals surface area contributed by atoms with E-state index < -0.39 is 20.8 Å². The van der Waals surface area contributed by atoms with Crippen molar-refractivity contribution in [3.63, 3.8) is 0 Å². The highest BCUT2D eigenvalue weighted by Gasteiger charge is 2.33. The summed E-state index contributed by atoms with van der Waals surface area (Å²) in [5.74, 6) is -0.618. The van der Waals surface area contributed by atoms with E-state index in [-0.39, 0.29) is 49.0 Å².